The summed E-state index contributed by atoms with van der Waals surface area (Å²) in [5.74, 6) is -0.442. The summed E-state index contributed by atoms with van der Waals surface area (Å²) in [5, 5.41) is 6.97. The van der Waals surface area contributed by atoms with E-state index < -0.39 is 18.0 Å². The van der Waals surface area contributed by atoms with E-state index in [0.717, 1.165) is 11.3 Å². The lowest BCUT2D eigenvalue weighted by molar-refractivity contribution is -0.155. The second-order valence-electron chi connectivity index (χ2n) is 5.90. The molecule has 0 saturated heterocycles. The summed E-state index contributed by atoms with van der Waals surface area (Å²) < 4.78 is 12.2. The van der Waals surface area contributed by atoms with Gasteiger partial charge in [-0.2, -0.15) is 5.10 Å². The Morgan fingerprint density at radius 3 is 2.60 bits per heavy atom. The van der Waals surface area contributed by atoms with E-state index >= 15 is 0 Å². The fourth-order valence-electron chi connectivity index (χ4n) is 2.31. The molecule has 0 saturated carbocycles. The number of esters is 1. The third-order valence-corrected chi connectivity index (χ3v) is 3.78. The number of nitrogens with one attached hydrogen (secondary N) is 1. The molecular weight excluding hydrogens is 322 g/mol. The molecule has 0 bridgehead atoms. The molecule has 0 fully saturated rings. The number of aryl methyl sites for hydroxylation is 3. The van der Waals surface area contributed by atoms with Crippen molar-refractivity contribution >= 4 is 17.6 Å². The molecule has 2 rings (SSSR count). The van der Waals surface area contributed by atoms with Crippen LogP contribution in [0.1, 0.15) is 23.9 Å². The summed E-state index contributed by atoms with van der Waals surface area (Å²) >= 11 is 0. The molecule has 7 heteroatoms. The Bertz CT molecular complexity index is 783. The maximum atomic E-state index is 12.2. The number of benzene rings is 1. The van der Waals surface area contributed by atoms with E-state index in [4.69, 9.17) is 9.47 Å². The van der Waals surface area contributed by atoms with Gasteiger partial charge in [0.2, 0.25) is 0 Å². The number of hydrogen-bond acceptors (Lipinski definition) is 5. The fourth-order valence-corrected chi connectivity index (χ4v) is 2.31. The molecule has 134 valence electrons. The van der Waals surface area contributed by atoms with E-state index in [1.807, 2.05) is 32.0 Å². The second-order valence-corrected chi connectivity index (χ2v) is 5.90. The maximum Gasteiger partial charge on any atom is 0.344 e. The van der Waals surface area contributed by atoms with E-state index in [-0.39, 0.29) is 6.61 Å². The lowest BCUT2D eigenvalue weighted by Crippen LogP contribution is -2.32. The number of rotatable bonds is 6. The zero-order chi connectivity index (χ0) is 18.6. The van der Waals surface area contributed by atoms with Gasteiger partial charge >= 0.3 is 5.97 Å². The maximum absolute atomic E-state index is 12.2. The molecule has 0 unspecified atom stereocenters. The lowest BCUT2D eigenvalue weighted by atomic mass is 10.2. The van der Waals surface area contributed by atoms with Crippen molar-refractivity contribution in [3.05, 3.63) is 41.2 Å². The molecule has 0 radical (unpaired) electrons. The Morgan fingerprint density at radius 1 is 1.28 bits per heavy atom. The van der Waals surface area contributed by atoms with Crippen LogP contribution in [-0.2, 0) is 21.4 Å². The van der Waals surface area contributed by atoms with Gasteiger partial charge in [0.05, 0.1) is 17.1 Å². The number of anilines is 1. The average Bonchev–Trinajstić information content (AvgIpc) is 2.79. The van der Waals surface area contributed by atoms with Crippen LogP contribution in [0.25, 0.3) is 0 Å². The fraction of sp³-hybridized carbons (Fsp3) is 0.389. The van der Waals surface area contributed by atoms with Crippen LogP contribution in [0.4, 0.5) is 5.69 Å². The van der Waals surface area contributed by atoms with Crippen molar-refractivity contribution in [3.63, 3.8) is 0 Å². The monoisotopic (exact) mass is 345 g/mol. The Labute approximate surface area is 146 Å². The third-order valence-electron chi connectivity index (χ3n) is 3.78. The Kier molecular flexibility index (Phi) is 5.80. The molecular formula is C18H23N3O4. The van der Waals surface area contributed by atoms with E-state index in [1.54, 1.807) is 24.7 Å². The molecule has 0 aliphatic carbocycles. The first kappa shape index (κ1) is 18.5. The minimum Gasteiger partial charge on any atom is -0.482 e. The van der Waals surface area contributed by atoms with Gasteiger partial charge in [-0.1, -0.05) is 12.1 Å². The largest absolute Gasteiger partial charge is 0.482 e. The molecule has 0 aliphatic heterocycles. The standard InChI is InChI=1S/C18H23N3O4/c1-11-7-6-8-15(9-11)24-10-16(22)25-14(4)18(23)19-17-12(2)20-21(5)13(17)3/h6-9,14H,10H2,1-5H3,(H,19,23)/t14-/m0/s1. The SMILES string of the molecule is Cc1cccc(OCC(=O)O[C@@H](C)C(=O)Nc2c(C)nn(C)c2C)c1. The van der Waals surface area contributed by atoms with Gasteiger partial charge in [-0.3, -0.25) is 9.48 Å². The third kappa shape index (κ3) is 4.82. The average molecular weight is 345 g/mol. The number of hydrogen-bond donors (Lipinski definition) is 1. The summed E-state index contributed by atoms with van der Waals surface area (Å²) in [6.07, 6.45) is -0.937. The van der Waals surface area contributed by atoms with Crippen LogP contribution in [0.15, 0.2) is 24.3 Å². The summed E-state index contributed by atoms with van der Waals surface area (Å²) in [6.45, 7) is 6.84. The second kappa shape index (κ2) is 7.83. The Hall–Kier alpha value is -2.83. The molecule has 1 aromatic carbocycles. The van der Waals surface area contributed by atoms with Crippen LogP contribution in [0.5, 0.6) is 5.75 Å². The van der Waals surface area contributed by atoms with Gasteiger partial charge in [-0.15, -0.1) is 0 Å². The molecule has 1 heterocycles. The predicted octanol–water partition coefficient (Wildman–Crippen LogP) is 2.29. The minimum atomic E-state index is -0.937. The van der Waals surface area contributed by atoms with Crippen molar-refractivity contribution in [1.29, 1.82) is 0 Å². The molecule has 1 atom stereocenters. The van der Waals surface area contributed by atoms with Crippen molar-refractivity contribution in [2.24, 2.45) is 7.05 Å². The normalized spacial score (nSPS) is 11.7. The number of carbonyl (C=O) groups excluding carboxylic acids is 2. The lowest BCUT2D eigenvalue weighted by Gasteiger charge is -2.14. The highest BCUT2D eigenvalue weighted by Gasteiger charge is 2.21. The number of carbonyl (C=O) groups is 2. The van der Waals surface area contributed by atoms with Crippen LogP contribution in [-0.4, -0.2) is 34.4 Å². The first-order valence-corrected chi connectivity index (χ1v) is 7.98. The summed E-state index contributed by atoms with van der Waals surface area (Å²) in [4.78, 5) is 24.1. The number of nitrogens with zero attached hydrogens (tertiary/aromatic N) is 2. The smallest absolute Gasteiger partial charge is 0.344 e. The predicted molar refractivity (Wildman–Crippen MR) is 93.5 cm³/mol. The van der Waals surface area contributed by atoms with Crippen molar-refractivity contribution in [3.8, 4) is 5.75 Å². The first-order valence-electron chi connectivity index (χ1n) is 7.98. The van der Waals surface area contributed by atoms with Gasteiger partial charge in [0.15, 0.2) is 12.7 Å². The van der Waals surface area contributed by atoms with Crippen molar-refractivity contribution in [2.75, 3.05) is 11.9 Å². The Morgan fingerprint density at radius 2 is 2.00 bits per heavy atom. The van der Waals surface area contributed by atoms with E-state index in [0.29, 0.717) is 17.1 Å². The van der Waals surface area contributed by atoms with Gasteiger partial charge < -0.3 is 14.8 Å². The summed E-state index contributed by atoms with van der Waals surface area (Å²) in [7, 11) is 1.80. The summed E-state index contributed by atoms with van der Waals surface area (Å²) in [5.41, 5.74) is 3.19. The molecule has 25 heavy (non-hydrogen) atoms. The topological polar surface area (TPSA) is 82.4 Å². The number of amides is 1. The molecule has 0 aliphatic rings. The quantitative estimate of drug-likeness (QED) is 0.812. The summed E-state index contributed by atoms with van der Waals surface area (Å²) in [6, 6.07) is 7.34. The van der Waals surface area contributed by atoms with Gasteiger partial charge in [-0.25, -0.2) is 4.79 Å². The van der Waals surface area contributed by atoms with Gasteiger partial charge in [0.25, 0.3) is 5.91 Å². The molecule has 7 nitrogen and oxygen atoms in total. The van der Waals surface area contributed by atoms with E-state index in [1.165, 1.54) is 6.92 Å². The van der Waals surface area contributed by atoms with Crippen LogP contribution >= 0.6 is 0 Å². The van der Waals surface area contributed by atoms with Crippen LogP contribution in [0, 0.1) is 20.8 Å². The van der Waals surface area contributed by atoms with Crippen molar-refractivity contribution < 1.29 is 19.1 Å². The molecule has 1 amide bonds. The van der Waals surface area contributed by atoms with E-state index in [2.05, 4.69) is 10.4 Å². The molecule has 1 aromatic heterocycles. The van der Waals surface area contributed by atoms with Crippen LogP contribution < -0.4 is 10.1 Å². The molecule has 1 N–H and O–H groups in total. The van der Waals surface area contributed by atoms with Crippen LogP contribution in [0.2, 0.25) is 0 Å². The van der Waals surface area contributed by atoms with Crippen LogP contribution in [0.3, 0.4) is 0 Å². The van der Waals surface area contributed by atoms with Crippen molar-refractivity contribution in [1.82, 2.24) is 9.78 Å². The van der Waals surface area contributed by atoms with Gasteiger partial charge in [0, 0.05) is 7.05 Å². The minimum absolute atomic E-state index is 0.258. The van der Waals surface area contributed by atoms with E-state index in [9.17, 15) is 9.59 Å². The highest BCUT2D eigenvalue weighted by atomic mass is 16.6. The zero-order valence-corrected chi connectivity index (χ0v) is 15.1. The zero-order valence-electron chi connectivity index (χ0n) is 15.1. The molecule has 0 spiro atoms. The Balaban J connectivity index is 1.86. The van der Waals surface area contributed by atoms with Gasteiger partial charge in [-0.05, 0) is 45.4 Å². The number of ether oxygens (including phenoxy) is 2. The first-order chi connectivity index (χ1) is 11.8. The highest BCUT2D eigenvalue weighted by Crippen LogP contribution is 2.18. The van der Waals surface area contributed by atoms with Gasteiger partial charge in [0.1, 0.15) is 5.75 Å². The molecule has 2 aromatic rings. The highest BCUT2D eigenvalue weighted by molar-refractivity contribution is 5.96. The van der Waals surface area contributed by atoms with Crippen molar-refractivity contribution in [2.45, 2.75) is 33.8 Å². The number of aromatic nitrogens is 2.